The quantitative estimate of drug-likeness (QED) is 0.162. The first-order valence-electron chi connectivity index (χ1n) is 9.47. The molecule has 0 saturated heterocycles. The molecular weight excluding hydrogens is 443 g/mol. The van der Waals surface area contributed by atoms with Crippen LogP contribution in [0.15, 0.2) is 36.4 Å². The number of esters is 1. The second-order valence-electron chi connectivity index (χ2n) is 7.40. The van der Waals surface area contributed by atoms with Crippen molar-refractivity contribution < 1.29 is 55.1 Å². The van der Waals surface area contributed by atoms with E-state index in [-0.39, 0.29) is 40.4 Å². The van der Waals surface area contributed by atoms with Crippen LogP contribution >= 0.6 is 0 Å². The molecule has 0 spiro atoms. The summed E-state index contributed by atoms with van der Waals surface area (Å²) in [5, 5.41) is 78.2. The maximum absolute atomic E-state index is 12.7. The Morgan fingerprint density at radius 3 is 1.88 bits per heavy atom. The highest BCUT2D eigenvalue weighted by atomic mass is 16.7. The van der Waals surface area contributed by atoms with Crippen LogP contribution in [-0.4, -0.2) is 52.9 Å². The molecule has 4 rings (SSSR count). The van der Waals surface area contributed by atoms with E-state index in [0.717, 1.165) is 30.3 Å². The highest BCUT2D eigenvalue weighted by Gasteiger charge is 2.37. The summed E-state index contributed by atoms with van der Waals surface area (Å²) in [5.41, 5.74) is -0.0189. The highest BCUT2D eigenvalue weighted by Crippen LogP contribution is 2.46. The minimum absolute atomic E-state index is 0.0526. The van der Waals surface area contributed by atoms with Crippen LogP contribution in [0.2, 0.25) is 0 Å². The van der Waals surface area contributed by atoms with E-state index in [2.05, 4.69) is 0 Å². The van der Waals surface area contributed by atoms with Crippen molar-refractivity contribution in [2.24, 2.45) is 0 Å². The summed E-state index contributed by atoms with van der Waals surface area (Å²) in [5.74, 6) is -6.06. The molecule has 3 aromatic rings. The average molecular weight is 461 g/mol. The van der Waals surface area contributed by atoms with Crippen LogP contribution < -0.4 is 4.74 Å². The molecule has 172 valence electrons. The lowest BCUT2D eigenvalue weighted by molar-refractivity contribution is -0.0189. The Kier molecular flexibility index (Phi) is 5.09. The van der Waals surface area contributed by atoms with Gasteiger partial charge in [0.15, 0.2) is 40.6 Å². The molecule has 0 fully saturated rings. The average Bonchev–Trinajstić information content (AvgIpc) is 2.75. The van der Waals surface area contributed by atoms with Crippen LogP contribution in [0.25, 0.3) is 0 Å². The van der Waals surface area contributed by atoms with Gasteiger partial charge in [-0.3, -0.25) is 0 Å². The van der Waals surface area contributed by atoms with Gasteiger partial charge >= 0.3 is 5.97 Å². The van der Waals surface area contributed by atoms with Crippen molar-refractivity contribution in [1.82, 2.24) is 0 Å². The van der Waals surface area contributed by atoms with Crippen molar-refractivity contribution >= 4 is 5.97 Å². The predicted molar refractivity (Wildman–Crippen MR) is 109 cm³/mol. The predicted octanol–water partition coefficient (Wildman–Crippen LogP) is 2.23. The molecule has 0 aliphatic carbocycles. The van der Waals surface area contributed by atoms with Crippen molar-refractivity contribution in [2.75, 3.05) is 0 Å². The fraction of sp³-hybridized carbons (Fsp3) is 0.136. The van der Waals surface area contributed by atoms with Crippen molar-refractivity contribution in [3.05, 3.63) is 53.1 Å². The molecule has 0 saturated carbocycles. The molecule has 33 heavy (non-hydrogen) atoms. The van der Waals surface area contributed by atoms with Gasteiger partial charge in [-0.25, -0.2) is 4.79 Å². The molecule has 0 unspecified atom stereocenters. The van der Waals surface area contributed by atoms with Crippen LogP contribution in [0, 0.1) is 0 Å². The van der Waals surface area contributed by atoms with Crippen LogP contribution in [0.4, 0.5) is 0 Å². The highest BCUT2D eigenvalue weighted by molar-refractivity contribution is 5.91. The van der Waals surface area contributed by atoms with Gasteiger partial charge in [0.1, 0.15) is 23.4 Å². The lowest BCUT2D eigenvalue weighted by atomic mass is 10.2. The molecule has 1 aliphatic heterocycles. The van der Waals surface area contributed by atoms with E-state index < -0.39 is 52.7 Å². The van der Waals surface area contributed by atoms with Gasteiger partial charge < -0.3 is 50.3 Å². The van der Waals surface area contributed by atoms with Gasteiger partial charge in [-0.15, -0.1) is 0 Å². The first kappa shape index (κ1) is 21.6. The van der Waals surface area contributed by atoms with Crippen LogP contribution in [0.1, 0.15) is 27.6 Å². The Morgan fingerprint density at radius 2 is 1.30 bits per heavy atom. The summed E-state index contributed by atoms with van der Waals surface area (Å²) in [6, 6.07) is 6.18. The first-order chi connectivity index (χ1) is 15.5. The Hall–Kier alpha value is -4.67. The van der Waals surface area contributed by atoms with Crippen LogP contribution in [0.3, 0.4) is 0 Å². The summed E-state index contributed by atoms with van der Waals surface area (Å²) >= 11 is 0. The molecular formula is C22H18O11. The van der Waals surface area contributed by atoms with E-state index >= 15 is 0 Å². The zero-order chi connectivity index (χ0) is 24.0. The van der Waals surface area contributed by atoms with Crippen molar-refractivity contribution in [3.8, 4) is 51.7 Å². The maximum Gasteiger partial charge on any atom is 0.338 e. The number of carbonyl (C=O) groups is 1. The summed E-state index contributed by atoms with van der Waals surface area (Å²) in [6.45, 7) is 0. The van der Waals surface area contributed by atoms with Gasteiger partial charge in [0.05, 0.1) is 5.56 Å². The lowest BCUT2D eigenvalue weighted by Crippen LogP contribution is -2.34. The Balaban J connectivity index is 1.75. The third kappa shape index (κ3) is 3.87. The van der Waals surface area contributed by atoms with E-state index in [0.29, 0.717) is 0 Å². The second kappa shape index (κ2) is 7.79. The van der Waals surface area contributed by atoms with E-state index in [1.807, 2.05) is 0 Å². The van der Waals surface area contributed by atoms with E-state index in [1.54, 1.807) is 0 Å². The molecule has 11 nitrogen and oxygen atoms in total. The molecule has 8 N–H and O–H groups in total. The Morgan fingerprint density at radius 1 is 0.758 bits per heavy atom. The smallest absolute Gasteiger partial charge is 0.338 e. The number of aromatic hydroxyl groups is 8. The van der Waals surface area contributed by atoms with E-state index in [9.17, 15) is 45.6 Å². The molecule has 3 aromatic carbocycles. The standard InChI is InChI=1S/C22H18O11/c23-10-5-12(24)11-7-18(33-22(31)9-3-15(27)20(30)16(28)4-9)21(32-17(11)6-10)8-1-13(25)19(29)14(26)2-8/h1-6,18,21,23-30H,7H2/t18-,21+/m0/s1/i7+1,18+1,21+1. The SMILES string of the molecule is O=C(O[13C@H]1[13CH2]c2c(O)cc(O)cc2O[13C@@H]1c1cc(O)c(O)c(O)c1)c1cc(O)c(O)c(O)c1. The number of fused-ring (bicyclic) bond motifs is 1. The van der Waals surface area contributed by atoms with Crippen LogP contribution in [0.5, 0.6) is 51.7 Å². The molecule has 0 aromatic heterocycles. The second-order valence-corrected chi connectivity index (χ2v) is 7.40. The van der Waals surface area contributed by atoms with Crippen molar-refractivity contribution in [3.63, 3.8) is 0 Å². The number of carbonyl (C=O) groups excluding carboxylic acids is 1. The van der Waals surface area contributed by atoms with Gasteiger partial charge in [0.2, 0.25) is 0 Å². The molecule has 0 amide bonds. The summed E-state index contributed by atoms with van der Waals surface area (Å²) < 4.78 is 11.3. The fourth-order valence-corrected chi connectivity index (χ4v) is 3.55. The third-order valence-electron chi connectivity index (χ3n) is 5.15. The largest absolute Gasteiger partial charge is 0.508 e. The van der Waals surface area contributed by atoms with Crippen molar-refractivity contribution in [1.29, 1.82) is 0 Å². The minimum Gasteiger partial charge on any atom is -0.508 e. The number of hydrogen-bond donors (Lipinski definition) is 8. The summed E-state index contributed by atoms with van der Waals surface area (Å²) in [6.07, 6.45) is -2.49. The Bertz CT molecular complexity index is 1220. The number of benzene rings is 3. The van der Waals surface area contributed by atoms with Gasteiger partial charge in [0.25, 0.3) is 0 Å². The molecule has 1 aliphatic rings. The molecule has 0 bridgehead atoms. The third-order valence-corrected chi connectivity index (χ3v) is 5.15. The molecule has 2 atom stereocenters. The summed E-state index contributed by atoms with van der Waals surface area (Å²) in [7, 11) is 0. The number of phenols is 8. The Labute approximate surface area is 185 Å². The fourth-order valence-electron chi connectivity index (χ4n) is 3.55. The van der Waals surface area contributed by atoms with E-state index in [1.165, 1.54) is 6.07 Å². The van der Waals surface area contributed by atoms with E-state index in [4.69, 9.17) is 9.47 Å². The minimum atomic E-state index is -1.18. The van der Waals surface area contributed by atoms with Crippen molar-refractivity contribution in [2.45, 2.75) is 18.6 Å². The van der Waals surface area contributed by atoms with Gasteiger partial charge in [-0.2, -0.15) is 0 Å². The normalized spacial score (nSPS) is 17.1. The zero-order valence-electron chi connectivity index (χ0n) is 16.6. The van der Waals surface area contributed by atoms with Gasteiger partial charge in [0, 0.05) is 29.7 Å². The zero-order valence-corrected chi connectivity index (χ0v) is 16.6. The molecule has 1 heterocycles. The summed E-state index contributed by atoms with van der Waals surface area (Å²) in [4.78, 5) is 12.7. The number of hydrogen-bond acceptors (Lipinski definition) is 11. The number of rotatable bonds is 3. The first-order valence-corrected chi connectivity index (χ1v) is 9.47. The number of phenolic OH excluding ortho intramolecular Hbond substituents is 8. The van der Waals surface area contributed by atoms with Gasteiger partial charge in [-0.05, 0) is 24.3 Å². The maximum atomic E-state index is 12.7. The van der Waals surface area contributed by atoms with Crippen LogP contribution in [-0.2, 0) is 11.2 Å². The molecule has 11 heteroatoms. The molecule has 0 radical (unpaired) electrons. The topological polar surface area (TPSA) is 197 Å². The lowest BCUT2D eigenvalue weighted by Gasteiger charge is -2.34. The monoisotopic (exact) mass is 461 g/mol. The van der Waals surface area contributed by atoms with Gasteiger partial charge in [-0.1, -0.05) is 0 Å². The number of ether oxygens (including phenoxy) is 2.